The van der Waals surface area contributed by atoms with E-state index < -0.39 is 0 Å². The van der Waals surface area contributed by atoms with E-state index in [9.17, 15) is 0 Å². The molecule has 2 rings (SSSR count). The molecule has 2 nitrogen and oxygen atoms in total. The van der Waals surface area contributed by atoms with Crippen molar-refractivity contribution in [1.82, 2.24) is 10.3 Å². The Morgan fingerprint density at radius 2 is 2.12 bits per heavy atom. The second kappa shape index (κ2) is 4.46. The van der Waals surface area contributed by atoms with Gasteiger partial charge in [0.15, 0.2) is 0 Å². The number of rotatable bonds is 5. The molecule has 0 amide bonds. The highest BCUT2D eigenvalue weighted by atomic mass is 32.1. The zero-order valence-electron chi connectivity index (χ0n) is 10.8. The van der Waals surface area contributed by atoms with Gasteiger partial charge in [0, 0.05) is 17.3 Å². The number of hydrogen-bond acceptors (Lipinski definition) is 3. The van der Waals surface area contributed by atoms with E-state index >= 15 is 0 Å². The smallest absolute Gasteiger partial charge is 0.0968 e. The summed E-state index contributed by atoms with van der Waals surface area (Å²) in [6, 6.07) is 0. The normalized spacial score (nSPS) is 22.4. The first kappa shape index (κ1) is 12.1. The molecule has 1 aromatic heterocycles. The van der Waals surface area contributed by atoms with E-state index in [0.717, 1.165) is 25.4 Å². The Morgan fingerprint density at radius 3 is 2.62 bits per heavy atom. The van der Waals surface area contributed by atoms with Crippen LogP contribution in [-0.2, 0) is 13.0 Å². The Bertz CT molecular complexity index is 368. The monoisotopic (exact) mass is 238 g/mol. The van der Waals surface area contributed by atoms with Crippen LogP contribution in [0.1, 0.15) is 55.6 Å². The van der Waals surface area contributed by atoms with Gasteiger partial charge in [-0.2, -0.15) is 0 Å². The highest BCUT2D eigenvalue weighted by Crippen LogP contribution is 2.59. The molecule has 1 saturated carbocycles. The van der Waals surface area contributed by atoms with E-state index in [1.54, 1.807) is 0 Å². The molecule has 1 fully saturated rings. The van der Waals surface area contributed by atoms with Crippen LogP contribution in [0.5, 0.6) is 0 Å². The maximum Gasteiger partial charge on any atom is 0.0968 e. The quantitative estimate of drug-likeness (QED) is 0.851. The lowest BCUT2D eigenvalue weighted by Gasteiger charge is -1.99. The molecular weight excluding hydrogens is 216 g/mol. The summed E-state index contributed by atoms with van der Waals surface area (Å²) < 4.78 is 0. The van der Waals surface area contributed by atoms with Gasteiger partial charge in [0.1, 0.15) is 0 Å². The van der Waals surface area contributed by atoms with Gasteiger partial charge in [-0.3, -0.25) is 0 Å². The first-order chi connectivity index (χ1) is 7.58. The summed E-state index contributed by atoms with van der Waals surface area (Å²) in [5.74, 6) is 0.721. The van der Waals surface area contributed by atoms with E-state index in [2.05, 4.69) is 33.0 Å². The molecule has 0 bridgehead atoms. The van der Waals surface area contributed by atoms with Gasteiger partial charge in [-0.15, -0.1) is 11.3 Å². The van der Waals surface area contributed by atoms with Gasteiger partial charge in [-0.05, 0) is 24.8 Å². The number of aromatic nitrogens is 1. The number of hydrogen-bond donors (Lipinski definition) is 1. The van der Waals surface area contributed by atoms with Crippen molar-refractivity contribution in [3.63, 3.8) is 0 Å². The second-order valence-electron chi connectivity index (χ2n) is 5.30. The zero-order chi connectivity index (χ0) is 11.8. The van der Waals surface area contributed by atoms with Gasteiger partial charge < -0.3 is 5.32 Å². The van der Waals surface area contributed by atoms with Crippen molar-refractivity contribution in [2.45, 2.75) is 53.0 Å². The minimum Gasteiger partial charge on any atom is -0.312 e. The van der Waals surface area contributed by atoms with E-state index in [4.69, 9.17) is 4.98 Å². The predicted molar refractivity (Wildman–Crippen MR) is 70.0 cm³/mol. The van der Waals surface area contributed by atoms with Gasteiger partial charge in [0.05, 0.1) is 10.7 Å². The Balaban J connectivity index is 2.13. The molecule has 0 aliphatic heterocycles. The molecule has 1 unspecified atom stereocenters. The number of thiazole rings is 1. The van der Waals surface area contributed by atoms with Crippen LogP contribution < -0.4 is 5.32 Å². The minimum absolute atomic E-state index is 0.498. The van der Waals surface area contributed by atoms with Gasteiger partial charge in [-0.25, -0.2) is 4.98 Å². The van der Waals surface area contributed by atoms with Crippen LogP contribution in [0, 0.1) is 5.41 Å². The summed E-state index contributed by atoms with van der Waals surface area (Å²) in [6.07, 6.45) is 2.37. The third kappa shape index (κ3) is 2.30. The maximum atomic E-state index is 4.82. The molecule has 0 saturated heterocycles. The molecule has 0 aromatic carbocycles. The van der Waals surface area contributed by atoms with Crippen molar-refractivity contribution in [2.24, 2.45) is 5.41 Å². The predicted octanol–water partition coefficient (Wildman–Crippen LogP) is 3.33. The van der Waals surface area contributed by atoms with Crippen LogP contribution in [0.25, 0.3) is 0 Å². The molecule has 0 spiro atoms. The lowest BCUT2D eigenvalue weighted by atomic mass is 10.1. The minimum atomic E-state index is 0.498. The van der Waals surface area contributed by atoms with Crippen molar-refractivity contribution in [2.75, 3.05) is 6.54 Å². The van der Waals surface area contributed by atoms with Crippen LogP contribution in [-0.4, -0.2) is 11.5 Å². The van der Waals surface area contributed by atoms with Crippen molar-refractivity contribution >= 4 is 11.3 Å². The first-order valence-corrected chi connectivity index (χ1v) is 7.09. The molecule has 1 aliphatic rings. The Morgan fingerprint density at radius 1 is 1.44 bits per heavy atom. The van der Waals surface area contributed by atoms with Gasteiger partial charge >= 0.3 is 0 Å². The summed E-state index contributed by atoms with van der Waals surface area (Å²) in [6.45, 7) is 11.1. The molecule has 1 aromatic rings. The fraction of sp³-hybridized carbons (Fsp3) is 0.769. The summed E-state index contributed by atoms with van der Waals surface area (Å²) in [7, 11) is 0. The summed E-state index contributed by atoms with van der Waals surface area (Å²) in [5, 5.41) is 4.77. The Kier molecular flexibility index (Phi) is 3.36. The van der Waals surface area contributed by atoms with Crippen molar-refractivity contribution in [3.8, 4) is 0 Å². The Hall–Kier alpha value is -0.410. The topological polar surface area (TPSA) is 24.9 Å². The van der Waals surface area contributed by atoms with Gasteiger partial charge in [0.25, 0.3) is 0 Å². The molecule has 3 heteroatoms. The fourth-order valence-corrected chi connectivity index (χ4v) is 3.53. The average Bonchev–Trinajstić information content (AvgIpc) is 2.74. The summed E-state index contributed by atoms with van der Waals surface area (Å²) in [4.78, 5) is 6.26. The van der Waals surface area contributed by atoms with Crippen LogP contribution in [0.15, 0.2) is 0 Å². The van der Waals surface area contributed by atoms with E-state index in [1.165, 1.54) is 22.0 Å². The number of nitrogens with zero attached hydrogens (tertiary/aromatic N) is 1. The van der Waals surface area contributed by atoms with Gasteiger partial charge in [-0.1, -0.05) is 27.7 Å². The third-order valence-corrected chi connectivity index (χ3v) is 4.69. The standard InChI is InChI=1S/C13H22N2S/c1-5-10-11(8-14-6-2)16-12(15-10)9-7-13(9,3)4/h9,14H,5-8H2,1-4H3. The lowest BCUT2D eigenvalue weighted by molar-refractivity contribution is 0.620. The van der Waals surface area contributed by atoms with E-state index in [0.29, 0.717) is 5.41 Å². The van der Waals surface area contributed by atoms with E-state index in [1.807, 2.05) is 11.3 Å². The third-order valence-electron chi connectivity index (χ3n) is 3.48. The maximum absolute atomic E-state index is 4.82. The highest BCUT2D eigenvalue weighted by Gasteiger charge is 2.48. The molecule has 0 radical (unpaired) electrons. The largest absolute Gasteiger partial charge is 0.312 e. The molecule has 1 atom stereocenters. The van der Waals surface area contributed by atoms with Crippen LogP contribution in [0.2, 0.25) is 0 Å². The summed E-state index contributed by atoms with van der Waals surface area (Å²) >= 11 is 1.92. The SMILES string of the molecule is CCNCc1sc(C2CC2(C)C)nc1CC. The average molecular weight is 238 g/mol. The first-order valence-electron chi connectivity index (χ1n) is 6.27. The van der Waals surface area contributed by atoms with Crippen LogP contribution in [0.3, 0.4) is 0 Å². The van der Waals surface area contributed by atoms with Crippen LogP contribution in [0.4, 0.5) is 0 Å². The van der Waals surface area contributed by atoms with Crippen molar-refractivity contribution in [1.29, 1.82) is 0 Å². The fourth-order valence-electron chi connectivity index (χ4n) is 2.09. The second-order valence-corrected chi connectivity index (χ2v) is 6.42. The van der Waals surface area contributed by atoms with Crippen molar-refractivity contribution < 1.29 is 0 Å². The van der Waals surface area contributed by atoms with Gasteiger partial charge in [0.2, 0.25) is 0 Å². The van der Waals surface area contributed by atoms with E-state index in [-0.39, 0.29) is 0 Å². The lowest BCUT2D eigenvalue weighted by Crippen LogP contribution is -2.11. The molecule has 16 heavy (non-hydrogen) atoms. The highest BCUT2D eigenvalue weighted by molar-refractivity contribution is 7.11. The molecule has 1 aliphatic carbocycles. The van der Waals surface area contributed by atoms with Crippen LogP contribution >= 0.6 is 11.3 Å². The molecular formula is C13H22N2S. The Labute approximate surface area is 102 Å². The molecule has 90 valence electrons. The number of aryl methyl sites for hydroxylation is 1. The zero-order valence-corrected chi connectivity index (χ0v) is 11.6. The molecule has 1 N–H and O–H groups in total. The summed E-state index contributed by atoms with van der Waals surface area (Å²) in [5.41, 5.74) is 1.81. The van der Waals surface area contributed by atoms with Crippen molar-refractivity contribution in [3.05, 3.63) is 15.6 Å². The number of nitrogens with one attached hydrogen (secondary N) is 1. The molecule has 1 heterocycles.